The van der Waals surface area contributed by atoms with E-state index in [1.165, 1.54) is 6.26 Å². The number of carbonyl (C=O) groups is 1. The van der Waals surface area contributed by atoms with E-state index in [9.17, 15) is 13.2 Å². The van der Waals surface area contributed by atoms with E-state index in [0.29, 0.717) is 12.0 Å². The second kappa shape index (κ2) is 7.59. The first kappa shape index (κ1) is 19.2. The summed E-state index contributed by atoms with van der Waals surface area (Å²) in [5.41, 5.74) is 12.0. The van der Waals surface area contributed by atoms with Gasteiger partial charge in [-0.05, 0) is 42.4 Å². The molecule has 0 aliphatic heterocycles. The van der Waals surface area contributed by atoms with Gasteiger partial charge in [0.1, 0.15) is 0 Å². The molecule has 0 aliphatic carbocycles. The summed E-state index contributed by atoms with van der Waals surface area (Å²) < 4.78 is 24.7. The van der Waals surface area contributed by atoms with Crippen molar-refractivity contribution in [2.75, 3.05) is 6.26 Å². The number of benzene rings is 1. The Morgan fingerprint density at radius 3 is 2.13 bits per heavy atom. The zero-order valence-corrected chi connectivity index (χ0v) is 14.9. The summed E-state index contributed by atoms with van der Waals surface area (Å²) in [7, 11) is -3.49. The lowest BCUT2D eigenvalue weighted by Crippen LogP contribution is -2.24. The topological polar surface area (TPSA) is 116 Å². The average Bonchev–Trinajstić information content (AvgIpc) is 2.45. The highest BCUT2D eigenvalue weighted by Crippen LogP contribution is 2.33. The van der Waals surface area contributed by atoms with Crippen molar-refractivity contribution in [1.29, 1.82) is 0 Å². The molecule has 0 radical (unpaired) electrons. The second-order valence-corrected chi connectivity index (χ2v) is 7.44. The molecule has 1 rings (SSSR count). The first-order valence-corrected chi connectivity index (χ1v) is 9.56. The number of rotatable bonds is 6. The number of guanidine groups is 1. The van der Waals surface area contributed by atoms with Crippen molar-refractivity contribution in [3.63, 3.8) is 0 Å². The number of amides is 1. The molecule has 23 heavy (non-hydrogen) atoms. The monoisotopic (exact) mass is 339 g/mol. The first-order chi connectivity index (χ1) is 10.7. The van der Waals surface area contributed by atoms with Gasteiger partial charge in [-0.25, -0.2) is 8.42 Å². The lowest BCUT2D eigenvalue weighted by Gasteiger charge is -2.21. The quantitative estimate of drug-likeness (QED) is 0.607. The summed E-state index contributed by atoms with van der Waals surface area (Å²) in [6.07, 6.45) is 3.21. The van der Waals surface area contributed by atoms with Crippen LogP contribution in [0.2, 0.25) is 0 Å². The molecule has 0 saturated carbocycles. The highest BCUT2D eigenvalue weighted by atomic mass is 32.2. The molecule has 0 saturated heterocycles. The number of sulfone groups is 1. The van der Waals surface area contributed by atoms with E-state index in [2.05, 4.69) is 4.99 Å². The number of aliphatic imine (C=N–C) groups is 1. The molecule has 0 atom stereocenters. The molecule has 0 fully saturated rings. The fraction of sp³-hybridized carbons (Fsp3) is 0.500. The Kier molecular flexibility index (Phi) is 6.32. The van der Waals surface area contributed by atoms with Crippen molar-refractivity contribution >= 4 is 21.7 Å². The molecule has 0 aromatic heterocycles. The molecule has 1 aromatic carbocycles. The predicted octanol–water partition coefficient (Wildman–Crippen LogP) is 1.97. The maximum Gasteiger partial charge on any atom is 0.280 e. The van der Waals surface area contributed by atoms with Crippen molar-refractivity contribution in [2.45, 2.75) is 50.8 Å². The molecule has 128 valence electrons. The molecule has 0 unspecified atom stereocenters. The minimum absolute atomic E-state index is 0.122. The molecule has 6 nitrogen and oxygen atoms in total. The first-order valence-electron chi connectivity index (χ1n) is 7.67. The average molecular weight is 339 g/mol. The van der Waals surface area contributed by atoms with Crippen LogP contribution in [0.5, 0.6) is 0 Å². The Balaban J connectivity index is 3.76. The minimum Gasteiger partial charge on any atom is -0.370 e. The van der Waals surface area contributed by atoms with Crippen LogP contribution >= 0.6 is 0 Å². The van der Waals surface area contributed by atoms with E-state index in [0.717, 1.165) is 18.4 Å². The normalized spacial score (nSPS) is 11.5. The Morgan fingerprint density at radius 2 is 1.74 bits per heavy atom. The smallest absolute Gasteiger partial charge is 0.280 e. The minimum atomic E-state index is -3.49. The van der Waals surface area contributed by atoms with Crippen LogP contribution in [0, 0.1) is 0 Å². The zero-order chi connectivity index (χ0) is 17.8. The van der Waals surface area contributed by atoms with Crippen LogP contribution in [0.4, 0.5) is 0 Å². The highest BCUT2D eigenvalue weighted by Gasteiger charge is 2.26. The van der Waals surface area contributed by atoms with Gasteiger partial charge in [0.05, 0.1) is 4.90 Å². The largest absolute Gasteiger partial charge is 0.370 e. The summed E-state index contributed by atoms with van der Waals surface area (Å²) in [6.45, 7) is 5.85. The summed E-state index contributed by atoms with van der Waals surface area (Å²) in [6, 6.07) is 3.33. The highest BCUT2D eigenvalue weighted by molar-refractivity contribution is 7.90. The van der Waals surface area contributed by atoms with Crippen LogP contribution in [0.25, 0.3) is 0 Å². The van der Waals surface area contributed by atoms with Crippen molar-refractivity contribution in [2.24, 2.45) is 16.5 Å². The molecule has 1 aromatic rings. The number of nitrogens with two attached hydrogens (primary N) is 2. The Bertz CT molecular complexity index is 716. The van der Waals surface area contributed by atoms with Crippen LogP contribution in [0.1, 0.15) is 61.0 Å². The van der Waals surface area contributed by atoms with Gasteiger partial charge in [-0.15, -0.1) is 0 Å². The molecule has 1 amide bonds. The standard InChI is InChI=1S/C16H25N3O3S/c1-5-10(6-2)12-8-9-13(15(20)19-16(17)18)11(7-3)14(12)23(4,21)22/h8-10H,5-7H2,1-4H3,(H4,17,18,19,20). The van der Waals surface area contributed by atoms with Gasteiger partial charge in [0.2, 0.25) is 0 Å². The van der Waals surface area contributed by atoms with Crippen molar-refractivity contribution in [1.82, 2.24) is 0 Å². The Hall–Kier alpha value is -1.89. The van der Waals surface area contributed by atoms with Gasteiger partial charge >= 0.3 is 0 Å². The summed E-state index contributed by atoms with van der Waals surface area (Å²) in [5, 5.41) is 0. The molecular formula is C16H25N3O3S. The van der Waals surface area contributed by atoms with Crippen molar-refractivity contribution in [3.05, 3.63) is 28.8 Å². The Labute approximate surface area is 137 Å². The number of hydrogen-bond donors (Lipinski definition) is 2. The lowest BCUT2D eigenvalue weighted by atomic mass is 9.90. The third-order valence-corrected chi connectivity index (χ3v) is 5.13. The molecule has 0 aliphatic rings. The van der Waals surface area contributed by atoms with Crippen molar-refractivity contribution in [3.8, 4) is 0 Å². The van der Waals surface area contributed by atoms with Gasteiger partial charge in [0.15, 0.2) is 15.8 Å². The van der Waals surface area contributed by atoms with E-state index in [-0.39, 0.29) is 22.3 Å². The summed E-state index contributed by atoms with van der Waals surface area (Å²) in [5.74, 6) is -0.845. The summed E-state index contributed by atoms with van der Waals surface area (Å²) >= 11 is 0. The van der Waals surface area contributed by atoms with Crippen molar-refractivity contribution < 1.29 is 13.2 Å². The number of carbonyl (C=O) groups excluding carboxylic acids is 1. The summed E-state index contributed by atoms with van der Waals surface area (Å²) in [4.78, 5) is 16.0. The molecule has 0 spiro atoms. The molecule has 0 bridgehead atoms. The lowest BCUT2D eigenvalue weighted by molar-refractivity contribution is 0.100. The van der Waals surface area contributed by atoms with E-state index in [4.69, 9.17) is 11.5 Å². The van der Waals surface area contributed by atoms with E-state index in [1.807, 2.05) is 20.8 Å². The third-order valence-electron chi connectivity index (χ3n) is 3.90. The number of nitrogens with zero attached hydrogens (tertiary/aromatic N) is 1. The van der Waals surface area contributed by atoms with Gasteiger partial charge in [-0.2, -0.15) is 4.99 Å². The maximum atomic E-state index is 12.4. The van der Waals surface area contributed by atoms with Gasteiger partial charge in [0.25, 0.3) is 5.91 Å². The number of hydrogen-bond acceptors (Lipinski definition) is 3. The van der Waals surface area contributed by atoms with Gasteiger partial charge in [-0.1, -0.05) is 26.8 Å². The van der Waals surface area contributed by atoms with Crippen LogP contribution in [-0.2, 0) is 16.3 Å². The maximum absolute atomic E-state index is 12.4. The fourth-order valence-corrected chi connectivity index (χ4v) is 4.23. The molecule has 7 heteroatoms. The van der Waals surface area contributed by atoms with Crippen LogP contribution in [-0.4, -0.2) is 26.5 Å². The van der Waals surface area contributed by atoms with Gasteiger partial charge < -0.3 is 11.5 Å². The fourth-order valence-electron chi connectivity index (χ4n) is 2.86. The predicted molar refractivity (Wildman–Crippen MR) is 92.4 cm³/mol. The van der Waals surface area contributed by atoms with E-state index >= 15 is 0 Å². The van der Waals surface area contributed by atoms with E-state index < -0.39 is 15.7 Å². The zero-order valence-electron chi connectivity index (χ0n) is 14.1. The van der Waals surface area contributed by atoms with Gasteiger partial charge in [-0.3, -0.25) is 4.79 Å². The van der Waals surface area contributed by atoms with Crippen LogP contribution in [0.3, 0.4) is 0 Å². The van der Waals surface area contributed by atoms with Crippen LogP contribution < -0.4 is 11.5 Å². The van der Waals surface area contributed by atoms with E-state index in [1.54, 1.807) is 12.1 Å². The van der Waals surface area contributed by atoms with Crippen LogP contribution in [0.15, 0.2) is 22.0 Å². The SMILES string of the molecule is CCc1c(C(=O)N=C(N)N)ccc(C(CC)CC)c1S(C)(=O)=O. The Morgan fingerprint density at radius 1 is 1.17 bits per heavy atom. The molecular weight excluding hydrogens is 314 g/mol. The van der Waals surface area contributed by atoms with Gasteiger partial charge in [0, 0.05) is 11.8 Å². The third kappa shape index (κ3) is 4.31. The molecule has 0 heterocycles. The molecule has 4 N–H and O–H groups in total. The second-order valence-electron chi connectivity index (χ2n) is 5.49.